The summed E-state index contributed by atoms with van der Waals surface area (Å²) < 4.78 is 0. The van der Waals surface area contributed by atoms with Gasteiger partial charge in [-0.15, -0.1) is 0 Å². The smallest absolute Gasteiger partial charge is 0.00672 e. The Hall–Kier alpha value is -0.820. The number of benzene rings is 1. The van der Waals surface area contributed by atoms with E-state index in [4.69, 9.17) is 5.73 Å². The first-order valence-corrected chi connectivity index (χ1v) is 7.32. The molecule has 0 amide bonds. The molecular formula is C17H27N. The Morgan fingerprint density at radius 2 is 1.78 bits per heavy atom. The highest BCUT2D eigenvalue weighted by atomic mass is 14.7. The lowest BCUT2D eigenvalue weighted by Crippen LogP contribution is -2.24. The van der Waals surface area contributed by atoms with Crippen LogP contribution in [0.4, 0.5) is 0 Å². The van der Waals surface area contributed by atoms with Crippen molar-refractivity contribution in [1.29, 1.82) is 0 Å². The maximum absolute atomic E-state index is 6.12. The minimum absolute atomic E-state index is 0.256. The van der Waals surface area contributed by atoms with Crippen LogP contribution in [0.15, 0.2) is 24.3 Å². The Morgan fingerprint density at radius 3 is 2.28 bits per heavy atom. The molecule has 0 aromatic heterocycles. The van der Waals surface area contributed by atoms with Crippen molar-refractivity contribution in [3.8, 4) is 0 Å². The standard InChI is InChI=1S/C17H27N/c1-17(2,3)15-11-8-13(9-12-15)7-10-14-5-4-6-16(14)18/h8-9,11-12,14,16H,4-7,10,18H2,1-3H3. The van der Waals surface area contributed by atoms with Crippen LogP contribution < -0.4 is 5.73 Å². The van der Waals surface area contributed by atoms with Crippen molar-refractivity contribution in [2.75, 3.05) is 0 Å². The van der Waals surface area contributed by atoms with Crippen molar-refractivity contribution in [2.24, 2.45) is 11.7 Å². The number of nitrogens with two attached hydrogens (primary N) is 1. The largest absolute Gasteiger partial charge is 0.327 e. The van der Waals surface area contributed by atoms with E-state index in [-0.39, 0.29) is 5.41 Å². The molecule has 1 aromatic rings. The second kappa shape index (κ2) is 5.44. The molecule has 0 heterocycles. The maximum Gasteiger partial charge on any atom is 0.00672 e. The van der Waals surface area contributed by atoms with Gasteiger partial charge in [-0.05, 0) is 48.1 Å². The van der Waals surface area contributed by atoms with E-state index < -0.39 is 0 Å². The molecule has 1 fully saturated rings. The normalized spacial score (nSPS) is 24.4. The van der Waals surface area contributed by atoms with E-state index in [1.54, 1.807) is 0 Å². The summed E-state index contributed by atoms with van der Waals surface area (Å²) >= 11 is 0. The Morgan fingerprint density at radius 1 is 1.11 bits per heavy atom. The minimum atomic E-state index is 0.256. The molecule has 1 aromatic carbocycles. The summed E-state index contributed by atoms with van der Waals surface area (Å²) in [4.78, 5) is 0. The molecule has 1 saturated carbocycles. The number of hydrogen-bond donors (Lipinski definition) is 1. The predicted octanol–water partition coefficient (Wildman–Crippen LogP) is 4.04. The van der Waals surface area contributed by atoms with E-state index >= 15 is 0 Å². The van der Waals surface area contributed by atoms with Gasteiger partial charge in [-0.3, -0.25) is 0 Å². The highest BCUT2D eigenvalue weighted by Crippen LogP contribution is 2.28. The zero-order valence-electron chi connectivity index (χ0n) is 12.1. The average Bonchev–Trinajstić information content (AvgIpc) is 2.72. The zero-order valence-corrected chi connectivity index (χ0v) is 12.1. The number of aryl methyl sites for hydroxylation is 1. The van der Waals surface area contributed by atoms with Gasteiger partial charge in [-0.2, -0.15) is 0 Å². The third-order valence-electron chi connectivity index (χ3n) is 4.34. The summed E-state index contributed by atoms with van der Waals surface area (Å²) in [6.45, 7) is 6.79. The van der Waals surface area contributed by atoms with Crippen LogP contribution in [0.5, 0.6) is 0 Å². The van der Waals surface area contributed by atoms with Gasteiger partial charge >= 0.3 is 0 Å². The zero-order chi connectivity index (χ0) is 13.2. The molecule has 0 bridgehead atoms. The van der Waals surface area contributed by atoms with Crippen molar-refractivity contribution in [3.05, 3.63) is 35.4 Å². The molecule has 1 aliphatic carbocycles. The van der Waals surface area contributed by atoms with Crippen molar-refractivity contribution in [2.45, 2.75) is 64.3 Å². The summed E-state index contributed by atoms with van der Waals surface area (Å²) in [5, 5.41) is 0. The van der Waals surface area contributed by atoms with Gasteiger partial charge in [-0.25, -0.2) is 0 Å². The second-order valence-electron chi connectivity index (χ2n) is 6.84. The lowest BCUT2D eigenvalue weighted by atomic mass is 9.86. The summed E-state index contributed by atoms with van der Waals surface area (Å²) in [6.07, 6.45) is 6.34. The summed E-state index contributed by atoms with van der Waals surface area (Å²) in [5.41, 5.74) is 9.26. The van der Waals surface area contributed by atoms with E-state index in [0.717, 1.165) is 5.92 Å². The number of hydrogen-bond acceptors (Lipinski definition) is 1. The van der Waals surface area contributed by atoms with Crippen molar-refractivity contribution < 1.29 is 0 Å². The first-order chi connectivity index (χ1) is 8.47. The van der Waals surface area contributed by atoms with Crippen LogP contribution in [0.25, 0.3) is 0 Å². The van der Waals surface area contributed by atoms with Gasteiger partial charge in [0.25, 0.3) is 0 Å². The van der Waals surface area contributed by atoms with Crippen LogP contribution in [0.3, 0.4) is 0 Å². The van der Waals surface area contributed by atoms with Crippen LogP contribution in [0, 0.1) is 5.92 Å². The molecule has 0 radical (unpaired) electrons. The van der Waals surface area contributed by atoms with Crippen molar-refractivity contribution in [1.82, 2.24) is 0 Å². The lowest BCUT2D eigenvalue weighted by Gasteiger charge is -2.19. The van der Waals surface area contributed by atoms with Crippen LogP contribution in [0.2, 0.25) is 0 Å². The maximum atomic E-state index is 6.12. The van der Waals surface area contributed by atoms with E-state index in [1.165, 1.54) is 43.2 Å². The fourth-order valence-electron chi connectivity index (χ4n) is 2.95. The molecular weight excluding hydrogens is 218 g/mol. The fourth-order valence-corrected chi connectivity index (χ4v) is 2.95. The lowest BCUT2D eigenvalue weighted by molar-refractivity contribution is 0.447. The SMILES string of the molecule is CC(C)(C)c1ccc(CCC2CCCC2N)cc1. The molecule has 100 valence electrons. The van der Waals surface area contributed by atoms with E-state index in [1.807, 2.05) is 0 Å². The quantitative estimate of drug-likeness (QED) is 0.854. The Kier molecular flexibility index (Phi) is 4.11. The monoisotopic (exact) mass is 245 g/mol. The molecule has 1 nitrogen and oxygen atoms in total. The summed E-state index contributed by atoms with van der Waals surface area (Å²) in [5.74, 6) is 0.757. The van der Waals surface area contributed by atoms with Crippen LogP contribution in [-0.4, -0.2) is 6.04 Å². The van der Waals surface area contributed by atoms with Gasteiger partial charge in [0.2, 0.25) is 0 Å². The van der Waals surface area contributed by atoms with Crippen LogP contribution in [0.1, 0.15) is 57.6 Å². The van der Waals surface area contributed by atoms with Crippen LogP contribution >= 0.6 is 0 Å². The minimum Gasteiger partial charge on any atom is -0.327 e. The van der Waals surface area contributed by atoms with E-state index in [9.17, 15) is 0 Å². The molecule has 0 aliphatic heterocycles. The summed E-state index contributed by atoms with van der Waals surface area (Å²) in [7, 11) is 0. The topological polar surface area (TPSA) is 26.0 Å². The molecule has 0 saturated heterocycles. The second-order valence-corrected chi connectivity index (χ2v) is 6.84. The molecule has 1 heteroatoms. The molecule has 2 atom stereocenters. The third kappa shape index (κ3) is 3.35. The Balaban J connectivity index is 1.90. The first kappa shape index (κ1) is 13.6. The van der Waals surface area contributed by atoms with Gasteiger partial charge in [0.15, 0.2) is 0 Å². The third-order valence-corrected chi connectivity index (χ3v) is 4.34. The van der Waals surface area contributed by atoms with Gasteiger partial charge in [0, 0.05) is 6.04 Å². The van der Waals surface area contributed by atoms with E-state index in [0.29, 0.717) is 6.04 Å². The fraction of sp³-hybridized carbons (Fsp3) is 0.647. The molecule has 2 unspecified atom stereocenters. The first-order valence-electron chi connectivity index (χ1n) is 7.32. The van der Waals surface area contributed by atoms with Gasteiger partial charge in [-0.1, -0.05) is 51.5 Å². The number of rotatable bonds is 3. The Bertz CT molecular complexity index is 372. The highest BCUT2D eigenvalue weighted by Gasteiger charge is 2.23. The van der Waals surface area contributed by atoms with Crippen molar-refractivity contribution >= 4 is 0 Å². The predicted molar refractivity (Wildman–Crippen MR) is 78.8 cm³/mol. The van der Waals surface area contributed by atoms with Gasteiger partial charge in [0.05, 0.1) is 0 Å². The molecule has 2 rings (SSSR count). The molecule has 0 spiro atoms. The van der Waals surface area contributed by atoms with Crippen molar-refractivity contribution in [3.63, 3.8) is 0 Å². The van der Waals surface area contributed by atoms with E-state index in [2.05, 4.69) is 45.0 Å². The summed E-state index contributed by atoms with van der Waals surface area (Å²) in [6, 6.07) is 9.61. The Labute approximate surface area is 112 Å². The van der Waals surface area contributed by atoms with Gasteiger partial charge in [0.1, 0.15) is 0 Å². The average molecular weight is 245 g/mol. The molecule has 1 aliphatic rings. The molecule has 18 heavy (non-hydrogen) atoms. The van der Waals surface area contributed by atoms with Gasteiger partial charge < -0.3 is 5.73 Å². The highest BCUT2D eigenvalue weighted by molar-refractivity contribution is 5.27. The van der Waals surface area contributed by atoms with Crippen LogP contribution in [-0.2, 0) is 11.8 Å². The molecule has 2 N–H and O–H groups in total.